The Kier molecular flexibility index (Phi) is 4.94. The summed E-state index contributed by atoms with van der Waals surface area (Å²) in [6.45, 7) is 3.74. The Bertz CT molecular complexity index is 883. The summed E-state index contributed by atoms with van der Waals surface area (Å²) < 4.78 is 42.4. The number of hydrogen-bond donors (Lipinski definition) is 0. The third-order valence-electron chi connectivity index (χ3n) is 2.60. The summed E-state index contributed by atoms with van der Waals surface area (Å²) in [5.41, 5.74) is 0. The largest absolute Gasteiger partial charge is 0.302 e. The Morgan fingerprint density at radius 3 is 2.55 bits per heavy atom. The molecule has 0 amide bonds. The van der Waals surface area contributed by atoms with Gasteiger partial charge in [-0.3, -0.25) is 4.79 Å². The molecule has 0 saturated carbocycles. The van der Waals surface area contributed by atoms with Crippen LogP contribution in [0, 0.1) is 5.82 Å². The minimum Gasteiger partial charge on any atom is -0.302 e. The molecule has 0 radical (unpaired) electrons. The minimum atomic E-state index is -4.04. The highest BCUT2D eigenvalue weighted by Gasteiger charge is 2.16. The number of carbonyl (C=O) groups excluding carboxylic acids is 1. The maximum Gasteiger partial charge on any atom is 0.285 e. The molecule has 1 aromatic carbocycles. The predicted octanol–water partition coefficient (Wildman–Crippen LogP) is 2.63. The minimum absolute atomic E-state index is 0.0383. The van der Waals surface area contributed by atoms with Gasteiger partial charge >= 0.3 is 0 Å². The monoisotopic (exact) mass is 360 g/mol. The van der Waals surface area contributed by atoms with Crippen LogP contribution in [0.4, 0.5) is 4.39 Å². The fourth-order valence-corrected chi connectivity index (χ4v) is 4.01. The topological polar surface area (TPSA) is 68.5 Å². The maximum atomic E-state index is 12.9. The first-order valence-corrected chi connectivity index (χ1v) is 8.54. The van der Waals surface area contributed by atoms with Crippen molar-refractivity contribution in [2.24, 2.45) is 4.40 Å². The van der Waals surface area contributed by atoms with Crippen LogP contribution in [0.3, 0.4) is 0 Å². The van der Waals surface area contributed by atoms with Crippen molar-refractivity contribution in [2.75, 3.05) is 0 Å². The molecular formula is C13H10ClFN2O3S2. The van der Waals surface area contributed by atoms with E-state index in [1.54, 1.807) is 0 Å². The number of carbonyl (C=O) groups is 1. The summed E-state index contributed by atoms with van der Waals surface area (Å²) in [7, 11) is -4.04. The standard InChI is InChI=1S/C13H10ClFN2O3S2/c1-2-7-17-12(14)11(8-18)21-13(17)16-22(19,20)10-5-3-9(15)4-6-10/h2-6,8H,1,7H2/b16-13+. The van der Waals surface area contributed by atoms with Gasteiger partial charge in [-0.25, -0.2) is 4.39 Å². The van der Waals surface area contributed by atoms with E-state index >= 15 is 0 Å². The van der Waals surface area contributed by atoms with Gasteiger partial charge in [-0.2, -0.15) is 8.42 Å². The number of benzene rings is 1. The van der Waals surface area contributed by atoms with E-state index in [1.807, 2.05) is 0 Å². The van der Waals surface area contributed by atoms with Crippen molar-refractivity contribution in [2.45, 2.75) is 11.4 Å². The summed E-state index contributed by atoms with van der Waals surface area (Å²) in [6.07, 6.45) is 2.02. The van der Waals surface area contributed by atoms with E-state index in [4.69, 9.17) is 11.6 Å². The van der Waals surface area contributed by atoms with Gasteiger partial charge in [-0.15, -0.1) is 11.0 Å². The zero-order valence-corrected chi connectivity index (χ0v) is 13.5. The quantitative estimate of drug-likeness (QED) is 0.608. The second-order valence-corrected chi connectivity index (χ2v) is 7.05. The molecule has 116 valence electrons. The summed E-state index contributed by atoms with van der Waals surface area (Å²) in [5, 5.41) is 0.0907. The number of aldehydes is 1. The molecule has 1 heterocycles. The van der Waals surface area contributed by atoms with Gasteiger partial charge in [0.05, 0.1) is 4.90 Å². The average molecular weight is 361 g/mol. The number of allylic oxidation sites excluding steroid dienone is 1. The molecule has 0 atom stereocenters. The van der Waals surface area contributed by atoms with Crippen molar-refractivity contribution < 1.29 is 17.6 Å². The van der Waals surface area contributed by atoms with Crippen LogP contribution < -0.4 is 4.80 Å². The van der Waals surface area contributed by atoms with Gasteiger partial charge in [-0.05, 0) is 24.3 Å². The van der Waals surface area contributed by atoms with Crippen LogP contribution in [0.25, 0.3) is 0 Å². The van der Waals surface area contributed by atoms with Crippen LogP contribution >= 0.6 is 22.9 Å². The summed E-state index contributed by atoms with van der Waals surface area (Å²) in [4.78, 5) is 11.0. The highest BCUT2D eigenvalue weighted by atomic mass is 35.5. The van der Waals surface area contributed by atoms with E-state index in [0.717, 1.165) is 35.6 Å². The zero-order valence-electron chi connectivity index (χ0n) is 11.1. The molecule has 0 aliphatic carbocycles. The van der Waals surface area contributed by atoms with Gasteiger partial charge < -0.3 is 4.57 Å². The third kappa shape index (κ3) is 3.34. The molecule has 22 heavy (non-hydrogen) atoms. The molecule has 5 nitrogen and oxygen atoms in total. The van der Waals surface area contributed by atoms with Gasteiger partial charge in [0.2, 0.25) is 4.80 Å². The van der Waals surface area contributed by atoms with E-state index in [9.17, 15) is 17.6 Å². The van der Waals surface area contributed by atoms with Gasteiger partial charge in [-0.1, -0.05) is 29.0 Å². The van der Waals surface area contributed by atoms with Crippen LogP contribution in [0.15, 0.2) is 46.2 Å². The molecule has 0 unspecified atom stereocenters. The maximum absolute atomic E-state index is 12.9. The average Bonchev–Trinajstić information content (AvgIpc) is 2.76. The van der Waals surface area contributed by atoms with Gasteiger partial charge in [0.1, 0.15) is 15.8 Å². The number of hydrogen-bond acceptors (Lipinski definition) is 4. The molecule has 0 N–H and O–H groups in total. The van der Waals surface area contributed by atoms with Crippen LogP contribution in [-0.4, -0.2) is 19.3 Å². The predicted molar refractivity (Wildman–Crippen MR) is 82.1 cm³/mol. The Hall–Kier alpha value is -1.77. The molecule has 0 saturated heterocycles. The number of aromatic nitrogens is 1. The molecule has 0 fully saturated rings. The summed E-state index contributed by atoms with van der Waals surface area (Å²) in [5.74, 6) is -0.553. The molecule has 2 rings (SSSR count). The molecule has 9 heteroatoms. The summed E-state index contributed by atoms with van der Waals surface area (Å²) in [6, 6.07) is 4.28. The first kappa shape index (κ1) is 16.6. The fourth-order valence-electron chi connectivity index (χ4n) is 1.60. The third-order valence-corrected chi connectivity index (χ3v) is 5.52. The highest BCUT2D eigenvalue weighted by molar-refractivity contribution is 7.90. The van der Waals surface area contributed by atoms with E-state index in [0.29, 0.717) is 6.29 Å². The normalized spacial score (nSPS) is 12.4. The highest BCUT2D eigenvalue weighted by Crippen LogP contribution is 2.18. The fraction of sp³-hybridized carbons (Fsp3) is 0.0769. The van der Waals surface area contributed by atoms with Gasteiger partial charge in [0, 0.05) is 6.54 Å². The Balaban J connectivity index is 2.63. The Morgan fingerprint density at radius 1 is 1.36 bits per heavy atom. The number of nitrogens with zero attached hydrogens (tertiary/aromatic N) is 2. The van der Waals surface area contributed by atoms with E-state index in [-0.39, 0.29) is 26.3 Å². The molecule has 1 aromatic heterocycles. The number of rotatable bonds is 5. The molecule has 0 bridgehead atoms. The lowest BCUT2D eigenvalue weighted by molar-refractivity contribution is 0.112. The van der Waals surface area contributed by atoms with Crippen molar-refractivity contribution in [3.8, 4) is 0 Å². The van der Waals surface area contributed by atoms with Crippen molar-refractivity contribution in [3.63, 3.8) is 0 Å². The van der Waals surface area contributed by atoms with Crippen LogP contribution in [-0.2, 0) is 16.6 Å². The lowest BCUT2D eigenvalue weighted by atomic mass is 10.4. The molecule has 2 aromatic rings. The number of thiazole rings is 1. The lowest BCUT2D eigenvalue weighted by Gasteiger charge is -2.01. The molecule has 0 spiro atoms. The first-order valence-electron chi connectivity index (χ1n) is 5.91. The zero-order chi connectivity index (χ0) is 16.3. The van der Waals surface area contributed by atoms with E-state index in [2.05, 4.69) is 11.0 Å². The smallest absolute Gasteiger partial charge is 0.285 e. The Labute approximate surface area is 135 Å². The molecular weight excluding hydrogens is 351 g/mol. The SMILES string of the molecule is C=CCn1c(Cl)c(C=O)s/c1=N/S(=O)(=O)c1ccc(F)cc1. The van der Waals surface area contributed by atoms with Gasteiger partial charge in [0.25, 0.3) is 10.0 Å². The lowest BCUT2D eigenvalue weighted by Crippen LogP contribution is -2.16. The molecule has 0 aliphatic rings. The molecule has 0 aliphatic heterocycles. The van der Waals surface area contributed by atoms with E-state index < -0.39 is 15.8 Å². The van der Waals surface area contributed by atoms with Crippen molar-refractivity contribution in [1.82, 2.24) is 4.57 Å². The van der Waals surface area contributed by atoms with Crippen LogP contribution in [0.5, 0.6) is 0 Å². The van der Waals surface area contributed by atoms with Crippen molar-refractivity contribution >= 4 is 39.2 Å². The van der Waals surface area contributed by atoms with E-state index in [1.165, 1.54) is 10.6 Å². The first-order chi connectivity index (χ1) is 10.4. The van der Waals surface area contributed by atoms with Crippen LogP contribution in [0.1, 0.15) is 9.67 Å². The Morgan fingerprint density at radius 2 is 2.00 bits per heavy atom. The summed E-state index contributed by atoms with van der Waals surface area (Å²) >= 11 is 6.84. The van der Waals surface area contributed by atoms with Crippen molar-refractivity contribution in [3.05, 3.63) is 57.6 Å². The second-order valence-electron chi connectivity index (χ2n) is 4.08. The van der Waals surface area contributed by atoms with Gasteiger partial charge in [0.15, 0.2) is 6.29 Å². The van der Waals surface area contributed by atoms with Crippen molar-refractivity contribution in [1.29, 1.82) is 0 Å². The second kappa shape index (κ2) is 6.55. The number of sulfonamides is 1. The van der Waals surface area contributed by atoms with Crippen LogP contribution in [0.2, 0.25) is 5.15 Å². The number of halogens is 2.